The summed E-state index contributed by atoms with van der Waals surface area (Å²) in [6, 6.07) is 2.02. The number of hydrogen-bond donors (Lipinski definition) is 0. The van der Waals surface area contributed by atoms with Crippen LogP contribution in [0.3, 0.4) is 0 Å². The zero-order valence-electron chi connectivity index (χ0n) is 17.3. The van der Waals surface area contributed by atoms with Crippen molar-refractivity contribution in [1.82, 2.24) is 0 Å². The lowest BCUT2D eigenvalue weighted by Crippen LogP contribution is -2.76. The van der Waals surface area contributed by atoms with E-state index in [2.05, 4.69) is 13.8 Å². The van der Waals surface area contributed by atoms with Gasteiger partial charge in [0.2, 0.25) is 0 Å². The van der Waals surface area contributed by atoms with Gasteiger partial charge < -0.3 is 4.48 Å². The van der Waals surface area contributed by atoms with Crippen LogP contribution in [0.25, 0.3) is 0 Å². The third kappa shape index (κ3) is 3.21. The number of likely N-dealkylation sites (tertiary alicyclic amines) is 1. The van der Waals surface area contributed by atoms with Crippen molar-refractivity contribution in [2.45, 2.75) is 134 Å². The Morgan fingerprint density at radius 3 is 1.64 bits per heavy atom. The molecule has 25 heavy (non-hydrogen) atoms. The zero-order valence-corrected chi connectivity index (χ0v) is 17.3. The molecule has 3 saturated carbocycles. The van der Waals surface area contributed by atoms with E-state index in [0.29, 0.717) is 5.54 Å². The Kier molecular flexibility index (Phi) is 5.52. The molecule has 0 aromatic rings. The van der Waals surface area contributed by atoms with Crippen molar-refractivity contribution in [1.29, 1.82) is 0 Å². The molecule has 4 fully saturated rings. The van der Waals surface area contributed by atoms with Crippen LogP contribution in [0.2, 0.25) is 0 Å². The zero-order chi connectivity index (χ0) is 17.3. The molecule has 0 aromatic carbocycles. The molecule has 1 heteroatoms. The third-order valence-electron chi connectivity index (χ3n) is 9.21. The van der Waals surface area contributed by atoms with Crippen molar-refractivity contribution in [2.24, 2.45) is 11.8 Å². The second-order valence-electron chi connectivity index (χ2n) is 10.7. The summed E-state index contributed by atoms with van der Waals surface area (Å²) >= 11 is 0. The number of nitrogens with zero attached hydrogens (tertiary/aromatic N) is 1. The molecule has 1 spiro atoms. The van der Waals surface area contributed by atoms with Crippen molar-refractivity contribution in [2.75, 3.05) is 6.54 Å². The summed E-state index contributed by atoms with van der Waals surface area (Å²) < 4.78 is 1.63. The van der Waals surface area contributed by atoms with Crippen LogP contribution in [0.4, 0.5) is 0 Å². The molecule has 1 heterocycles. The Hall–Kier alpha value is -0.0400. The van der Waals surface area contributed by atoms with Gasteiger partial charge in [-0.3, -0.25) is 0 Å². The number of hydrogen-bond acceptors (Lipinski definition) is 0. The predicted octanol–water partition coefficient (Wildman–Crippen LogP) is 6.85. The Bertz CT molecular complexity index is 405. The smallest absolute Gasteiger partial charge is 0.0996 e. The van der Waals surface area contributed by atoms with Crippen molar-refractivity contribution in [3.63, 3.8) is 0 Å². The maximum atomic E-state index is 2.56. The van der Waals surface area contributed by atoms with Crippen LogP contribution in [0.1, 0.15) is 117 Å². The fourth-order valence-electron chi connectivity index (χ4n) is 8.23. The third-order valence-corrected chi connectivity index (χ3v) is 9.21. The monoisotopic (exact) mass is 346 g/mol. The summed E-state index contributed by atoms with van der Waals surface area (Å²) in [7, 11) is 0. The second-order valence-corrected chi connectivity index (χ2v) is 10.7. The molecule has 4 atom stereocenters. The van der Waals surface area contributed by atoms with Gasteiger partial charge in [0.1, 0.15) is 0 Å². The SMILES string of the molecule is CC1CCCC([N+]2(C3CCCC(C)C3)CCCCC23CCCCC3)C1. The quantitative estimate of drug-likeness (QED) is 0.480. The van der Waals surface area contributed by atoms with Crippen LogP contribution >= 0.6 is 0 Å². The minimum atomic E-state index is 0.694. The van der Waals surface area contributed by atoms with Gasteiger partial charge in [0.05, 0.1) is 24.2 Å². The highest BCUT2D eigenvalue weighted by molar-refractivity contribution is 4.94. The summed E-state index contributed by atoms with van der Waals surface area (Å²) in [5, 5.41) is 0. The number of piperidine rings is 1. The highest BCUT2D eigenvalue weighted by Gasteiger charge is 2.59. The predicted molar refractivity (Wildman–Crippen MR) is 108 cm³/mol. The molecule has 1 aliphatic heterocycles. The molecule has 4 unspecified atom stereocenters. The summed E-state index contributed by atoms with van der Waals surface area (Å²) in [5.41, 5.74) is 0.694. The lowest BCUT2D eigenvalue weighted by Gasteiger charge is -2.66. The van der Waals surface area contributed by atoms with E-state index in [1.165, 1.54) is 57.8 Å². The van der Waals surface area contributed by atoms with E-state index in [9.17, 15) is 0 Å². The second kappa shape index (κ2) is 7.53. The van der Waals surface area contributed by atoms with E-state index >= 15 is 0 Å². The van der Waals surface area contributed by atoms with E-state index in [0.717, 1.165) is 23.9 Å². The largest absolute Gasteiger partial charge is 0.314 e. The van der Waals surface area contributed by atoms with Gasteiger partial charge >= 0.3 is 0 Å². The molecule has 1 nitrogen and oxygen atoms in total. The standard InChI is InChI=1S/C24H44N/c1-20-10-8-12-22(18-20)25(23-13-9-11-21(2)19-23)17-7-6-16-24(25)14-4-3-5-15-24/h20-23H,3-19H2,1-2H3/q+1. The molecule has 0 radical (unpaired) electrons. The molecular weight excluding hydrogens is 302 g/mol. The summed E-state index contributed by atoms with van der Waals surface area (Å²) in [4.78, 5) is 0. The van der Waals surface area contributed by atoms with E-state index in [1.54, 1.807) is 56.0 Å². The molecule has 4 rings (SSSR count). The maximum absolute atomic E-state index is 2.56. The average molecular weight is 347 g/mol. The van der Waals surface area contributed by atoms with Crippen LogP contribution < -0.4 is 0 Å². The Labute approximate surface area is 157 Å². The van der Waals surface area contributed by atoms with Crippen LogP contribution in [0.15, 0.2) is 0 Å². The van der Waals surface area contributed by atoms with Gasteiger partial charge in [0, 0.05) is 32.1 Å². The topological polar surface area (TPSA) is 0 Å². The van der Waals surface area contributed by atoms with E-state index in [4.69, 9.17) is 0 Å². The Morgan fingerprint density at radius 1 is 0.600 bits per heavy atom. The number of quaternary nitrogens is 1. The van der Waals surface area contributed by atoms with Crippen LogP contribution in [0, 0.1) is 11.8 Å². The summed E-state index contributed by atoms with van der Waals surface area (Å²) in [6.45, 7) is 6.67. The van der Waals surface area contributed by atoms with Gasteiger partial charge in [-0.2, -0.15) is 0 Å². The lowest BCUT2D eigenvalue weighted by atomic mass is 9.67. The van der Waals surface area contributed by atoms with Gasteiger partial charge in [-0.1, -0.05) is 33.1 Å². The van der Waals surface area contributed by atoms with Gasteiger partial charge in [-0.25, -0.2) is 0 Å². The van der Waals surface area contributed by atoms with Crippen molar-refractivity contribution >= 4 is 0 Å². The minimum Gasteiger partial charge on any atom is -0.314 e. The molecular formula is C24H44N+. The highest BCUT2D eigenvalue weighted by atomic mass is 15.5. The average Bonchev–Trinajstić information content (AvgIpc) is 2.63. The lowest BCUT2D eigenvalue weighted by molar-refractivity contribution is -1.03. The first-order chi connectivity index (χ1) is 12.2. The fourth-order valence-corrected chi connectivity index (χ4v) is 8.23. The molecule has 0 N–H and O–H groups in total. The first kappa shape index (κ1) is 18.3. The minimum absolute atomic E-state index is 0.694. The molecule has 0 aromatic heterocycles. The highest BCUT2D eigenvalue weighted by Crippen LogP contribution is 2.54. The maximum Gasteiger partial charge on any atom is 0.0996 e. The number of rotatable bonds is 2. The van der Waals surface area contributed by atoms with E-state index in [1.807, 2.05) is 0 Å². The summed E-state index contributed by atoms with van der Waals surface area (Å²) in [5.74, 6) is 1.97. The first-order valence-electron chi connectivity index (χ1n) is 12.0. The van der Waals surface area contributed by atoms with Gasteiger partial charge in [-0.15, -0.1) is 0 Å². The molecule has 0 bridgehead atoms. The molecule has 3 aliphatic carbocycles. The van der Waals surface area contributed by atoms with Crippen LogP contribution in [-0.2, 0) is 0 Å². The first-order valence-corrected chi connectivity index (χ1v) is 12.0. The van der Waals surface area contributed by atoms with Crippen molar-refractivity contribution < 1.29 is 4.48 Å². The van der Waals surface area contributed by atoms with Gasteiger partial charge in [0.15, 0.2) is 0 Å². The van der Waals surface area contributed by atoms with E-state index in [-0.39, 0.29) is 0 Å². The molecule has 1 saturated heterocycles. The van der Waals surface area contributed by atoms with Crippen LogP contribution in [0.5, 0.6) is 0 Å². The van der Waals surface area contributed by atoms with Crippen molar-refractivity contribution in [3.05, 3.63) is 0 Å². The van der Waals surface area contributed by atoms with Crippen molar-refractivity contribution in [3.8, 4) is 0 Å². The van der Waals surface area contributed by atoms with Gasteiger partial charge in [-0.05, 0) is 63.2 Å². The fraction of sp³-hybridized carbons (Fsp3) is 1.00. The van der Waals surface area contributed by atoms with Gasteiger partial charge in [0.25, 0.3) is 0 Å². The Morgan fingerprint density at radius 2 is 1.12 bits per heavy atom. The Balaban J connectivity index is 1.73. The molecule has 0 amide bonds. The van der Waals surface area contributed by atoms with Crippen LogP contribution in [-0.4, -0.2) is 28.7 Å². The molecule has 144 valence electrons. The molecule has 4 aliphatic rings. The summed E-state index contributed by atoms with van der Waals surface area (Å²) in [6.07, 6.45) is 24.6. The van der Waals surface area contributed by atoms with E-state index < -0.39 is 0 Å². The normalized spacial score (nSPS) is 45.4.